The number of hydrogen-bond donors (Lipinski definition) is 2. The molecule has 1 aromatic rings. The van der Waals surface area contributed by atoms with Gasteiger partial charge >= 0.3 is 5.97 Å². The van der Waals surface area contributed by atoms with Crippen LogP contribution in [0, 0.1) is 11.3 Å². The van der Waals surface area contributed by atoms with Gasteiger partial charge in [0.05, 0.1) is 11.6 Å². The van der Waals surface area contributed by atoms with Gasteiger partial charge in [-0.05, 0) is 24.1 Å². The van der Waals surface area contributed by atoms with E-state index < -0.39 is 12.0 Å². The number of nitrogens with zero attached hydrogens (tertiary/aromatic N) is 2. The molecule has 5 nitrogen and oxygen atoms in total. The maximum Gasteiger partial charge on any atom is 0.320 e. The van der Waals surface area contributed by atoms with Crippen LogP contribution in [0.15, 0.2) is 18.2 Å². The van der Waals surface area contributed by atoms with Crippen LogP contribution in [-0.4, -0.2) is 31.2 Å². The molecule has 0 aliphatic carbocycles. The van der Waals surface area contributed by atoms with E-state index in [1.165, 1.54) is 0 Å². The minimum absolute atomic E-state index is 0.159. The van der Waals surface area contributed by atoms with E-state index >= 15 is 0 Å². The van der Waals surface area contributed by atoms with Crippen molar-refractivity contribution < 1.29 is 9.90 Å². The first-order valence-corrected chi connectivity index (χ1v) is 5.14. The van der Waals surface area contributed by atoms with Crippen LogP contribution in [0.4, 0.5) is 5.69 Å². The summed E-state index contributed by atoms with van der Waals surface area (Å²) in [5.41, 5.74) is 7.47. The average Bonchev–Trinajstić information content (AvgIpc) is 2.28. The molecular weight excluding hydrogens is 218 g/mol. The molecule has 1 rings (SSSR count). The Bertz CT molecular complexity index is 463. The van der Waals surface area contributed by atoms with E-state index in [-0.39, 0.29) is 6.42 Å². The fourth-order valence-corrected chi connectivity index (χ4v) is 1.45. The summed E-state index contributed by atoms with van der Waals surface area (Å²) in [6.45, 7) is 0. The first-order valence-electron chi connectivity index (χ1n) is 5.14. The highest BCUT2D eigenvalue weighted by Crippen LogP contribution is 2.18. The van der Waals surface area contributed by atoms with Gasteiger partial charge in [-0.3, -0.25) is 4.79 Å². The Morgan fingerprint density at radius 3 is 2.71 bits per heavy atom. The third-order valence-electron chi connectivity index (χ3n) is 2.49. The molecule has 0 bridgehead atoms. The van der Waals surface area contributed by atoms with Gasteiger partial charge in [0, 0.05) is 19.8 Å². The van der Waals surface area contributed by atoms with E-state index in [1.54, 1.807) is 12.1 Å². The van der Waals surface area contributed by atoms with Crippen molar-refractivity contribution in [2.45, 2.75) is 12.5 Å². The Morgan fingerprint density at radius 2 is 2.24 bits per heavy atom. The Kier molecular flexibility index (Phi) is 4.07. The van der Waals surface area contributed by atoms with Gasteiger partial charge in [0.1, 0.15) is 6.04 Å². The second kappa shape index (κ2) is 5.32. The van der Waals surface area contributed by atoms with E-state index in [1.807, 2.05) is 25.1 Å². The number of carboxylic acids is 1. The van der Waals surface area contributed by atoms with Crippen molar-refractivity contribution in [3.05, 3.63) is 29.3 Å². The zero-order valence-electron chi connectivity index (χ0n) is 9.84. The summed E-state index contributed by atoms with van der Waals surface area (Å²) in [6, 6.07) is 6.39. The second-order valence-electron chi connectivity index (χ2n) is 4.00. The van der Waals surface area contributed by atoms with Crippen LogP contribution in [0.2, 0.25) is 0 Å². The SMILES string of the molecule is CN(C)c1ccc(C[C@H](N)C(=O)O)c(C#N)c1. The topological polar surface area (TPSA) is 90.3 Å². The van der Waals surface area contributed by atoms with Crippen molar-refractivity contribution in [3.8, 4) is 6.07 Å². The summed E-state index contributed by atoms with van der Waals surface area (Å²) in [6.07, 6.45) is 0.159. The van der Waals surface area contributed by atoms with E-state index in [0.717, 1.165) is 5.69 Å². The number of nitrogens with two attached hydrogens (primary N) is 1. The number of hydrogen-bond acceptors (Lipinski definition) is 4. The van der Waals surface area contributed by atoms with Crippen LogP contribution in [0.3, 0.4) is 0 Å². The molecule has 1 aromatic carbocycles. The lowest BCUT2D eigenvalue weighted by Gasteiger charge is -2.15. The molecular formula is C12H15N3O2. The average molecular weight is 233 g/mol. The molecule has 90 valence electrons. The number of carboxylic acid groups (broad SMARTS) is 1. The van der Waals surface area contributed by atoms with E-state index in [9.17, 15) is 4.79 Å². The predicted molar refractivity (Wildman–Crippen MR) is 64.8 cm³/mol. The van der Waals surface area contributed by atoms with Gasteiger partial charge in [-0.15, -0.1) is 0 Å². The Labute approximate surface area is 100 Å². The number of nitriles is 1. The summed E-state index contributed by atoms with van der Waals surface area (Å²) in [5.74, 6) is -1.06. The molecule has 0 heterocycles. The fourth-order valence-electron chi connectivity index (χ4n) is 1.45. The van der Waals surface area contributed by atoms with Crippen molar-refractivity contribution >= 4 is 11.7 Å². The molecule has 0 saturated heterocycles. The van der Waals surface area contributed by atoms with Crippen molar-refractivity contribution in [3.63, 3.8) is 0 Å². The zero-order valence-corrected chi connectivity index (χ0v) is 9.84. The molecule has 0 aliphatic heterocycles. The van der Waals surface area contributed by atoms with Crippen LogP contribution >= 0.6 is 0 Å². The van der Waals surface area contributed by atoms with Gasteiger partial charge in [-0.1, -0.05) is 6.07 Å². The third-order valence-corrected chi connectivity index (χ3v) is 2.49. The molecule has 0 aromatic heterocycles. The first-order chi connectivity index (χ1) is 7.95. The smallest absolute Gasteiger partial charge is 0.320 e. The summed E-state index contributed by atoms with van der Waals surface area (Å²) >= 11 is 0. The van der Waals surface area contributed by atoms with Crippen LogP contribution in [0.1, 0.15) is 11.1 Å². The lowest BCUT2D eigenvalue weighted by molar-refractivity contribution is -0.138. The highest BCUT2D eigenvalue weighted by Gasteiger charge is 2.15. The van der Waals surface area contributed by atoms with Crippen molar-refractivity contribution in [1.82, 2.24) is 0 Å². The summed E-state index contributed by atoms with van der Waals surface area (Å²) in [5, 5.41) is 17.8. The standard InChI is InChI=1S/C12H15N3O2/c1-15(2)10-4-3-8(9(5-10)7-13)6-11(14)12(16)17/h3-5,11H,6,14H2,1-2H3,(H,16,17)/t11-/m0/s1. The Morgan fingerprint density at radius 1 is 1.59 bits per heavy atom. The van der Waals surface area contributed by atoms with E-state index in [2.05, 4.69) is 6.07 Å². The van der Waals surface area contributed by atoms with Gasteiger partial charge in [0.25, 0.3) is 0 Å². The largest absolute Gasteiger partial charge is 0.480 e. The Balaban J connectivity index is 3.02. The molecule has 0 aliphatic rings. The Hall–Kier alpha value is -2.06. The number of aliphatic carboxylic acids is 1. The highest BCUT2D eigenvalue weighted by molar-refractivity contribution is 5.73. The van der Waals surface area contributed by atoms with Crippen LogP contribution in [0.25, 0.3) is 0 Å². The van der Waals surface area contributed by atoms with Gasteiger partial charge in [0.15, 0.2) is 0 Å². The normalized spacial score (nSPS) is 11.6. The third kappa shape index (κ3) is 3.20. The van der Waals surface area contributed by atoms with Crippen molar-refractivity contribution in [2.75, 3.05) is 19.0 Å². The molecule has 3 N–H and O–H groups in total. The van der Waals surface area contributed by atoms with Gasteiger partial charge in [0.2, 0.25) is 0 Å². The molecule has 0 saturated carbocycles. The van der Waals surface area contributed by atoms with Crippen LogP contribution in [-0.2, 0) is 11.2 Å². The highest BCUT2D eigenvalue weighted by atomic mass is 16.4. The quantitative estimate of drug-likeness (QED) is 0.793. The van der Waals surface area contributed by atoms with E-state index in [0.29, 0.717) is 11.1 Å². The number of rotatable bonds is 4. The molecule has 0 fully saturated rings. The molecule has 0 radical (unpaired) electrons. The first kappa shape index (κ1) is 13.0. The maximum atomic E-state index is 10.7. The minimum Gasteiger partial charge on any atom is -0.480 e. The fraction of sp³-hybridized carbons (Fsp3) is 0.333. The van der Waals surface area contributed by atoms with Gasteiger partial charge in [-0.25, -0.2) is 0 Å². The van der Waals surface area contributed by atoms with E-state index in [4.69, 9.17) is 16.1 Å². The molecule has 0 amide bonds. The molecule has 5 heteroatoms. The van der Waals surface area contributed by atoms with Crippen molar-refractivity contribution in [2.24, 2.45) is 5.73 Å². The van der Waals surface area contributed by atoms with Gasteiger partial charge in [-0.2, -0.15) is 5.26 Å². The lowest BCUT2D eigenvalue weighted by Crippen LogP contribution is -2.32. The number of anilines is 1. The minimum atomic E-state index is -1.06. The maximum absolute atomic E-state index is 10.7. The zero-order chi connectivity index (χ0) is 13.0. The molecule has 1 atom stereocenters. The summed E-state index contributed by atoms with van der Waals surface area (Å²) in [4.78, 5) is 12.5. The lowest BCUT2D eigenvalue weighted by atomic mass is 10.0. The summed E-state index contributed by atoms with van der Waals surface area (Å²) < 4.78 is 0. The number of carbonyl (C=O) groups is 1. The predicted octanol–water partition coefficient (Wildman–Crippen LogP) is 0.579. The molecule has 0 unspecified atom stereocenters. The van der Waals surface area contributed by atoms with Crippen LogP contribution < -0.4 is 10.6 Å². The monoisotopic (exact) mass is 233 g/mol. The van der Waals surface area contributed by atoms with Gasteiger partial charge < -0.3 is 15.7 Å². The van der Waals surface area contributed by atoms with Crippen molar-refractivity contribution in [1.29, 1.82) is 5.26 Å². The number of benzene rings is 1. The summed E-state index contributed by atoms with van der Waals surface area (Å²) in [7, 11) is 3.75. The second-order valence-corrected chi connectivity index (χ2v) is 4.00. The van der Waals surface area contributed by atoms with Crippen LogP contribution in [0.5, 0.6) is 0 Å². The molecule has 0 spiro atoms. The molecule has 17 heavy (non-hydrogen) atoms.